The first-order valence-corrected chi connectivity index (χ1v) is 5.63. The van der Waals surface area contributed by atoms with Crippen LogP contribution in [0.4, 0.5) is 0 Å². The fourth-order valence-corrected chi connectivity index (χ4v) is 2.24. The van der Waals surface area contributed by atoms with Crippen LogP contribution < -0.4 is 0 Å². The van der Waals surface area contributed by atoms with Crippen molar-refractivity contribution in [3.05, 3.63) is 30.1 Å². The van der Waals surface area contributed by atoms with E-state index in [4.69, 9.17) is 0 Å². The highest BCUT2D eigenvalue weighted by molar-refractivity contribution is 8.14. The van der Waals surface area contributed by atoms with Crippen LogP contribution in [0.2, 0.25) is 0 Å². The van der Waals surface area contributed by atoms with Crippen molar-refractivity contribution in [2.45, 2.75) is 0 Å². The Morgan fingerprint density at radius 3 is 3.13 bits per heavy atom. The molecule has 0 N–H and O–H groups in total. The van der Waals surface area contributed by atoms with Gasteiger partial charge >= 0.3 is 0 Å². The zero-order chi connectivity index (χ0) is 10.7. The van der Waals surface area contributed by atoms with Crippen molar-refractivity contribution < 1.29 is 4.79 Å². The third kappa shape index (κ3) is 2.36. The van der Waals surface area contributed by atoms with Crippen molar-refractivity contribution in [3.8, 4) is 0 Å². The number of carbonyl (C=O) groups excluding carboxylic acids is 1. The molecule has 4 nitrogen and oxygen atoms in total. The molecule has 1 fully saturated rings. The molecule has 15 heavy (non-hydrogen) atoms. The number of amidine groups is 1. The molecule has 0 aromatic carbocycles. The van der Waals surface area contributed by atoms with Crippen LogP contribution in [-0.4, -0.2) is 40.3 Å². The first kappa shape index (κ1) is 10.2. The number of pyridine rings is 1. The normalized spacial score (nSPS) is 18.5. The summed E-state index contributed by atoms with van der Waals surface area (Å²) in [5, 5.41) is 0.795. The van der Waals surface area contributed by atoms with E-state index in [1.54, 1.807) is 30.1 Å². The number of hydrogen-bond donors (Lipinski definition) is 0. The van der Waals surface area contributed by atoms with Crippen molar-refractivity contribution >= 4 is 22.8 Å². The van der Waals surface area contributed by atoms with Gasteiger partial charge in [0.25, 0.3) is 5.91 Å². The number of aliphatic imine (C=N–C) groups is 1. The topological polar surface area (TPSA) is 45.6 Å². The molecule has 0 saturated carbocycles. The lowest BCUT2D eigenvalue weighted by atomic mass is 10.3. The van der Waals surface area contributed by atoms with Gasteiger partial charge in [0.05, 0.1) is 5.56 Å². The van der Waals surface area contributed by atoms with Gasteiger partial charge in [-0.05, 0) is 12.1 Å². The van der Waals surface area contributed by atoms with Crippen LogP contribution in [0.3, 0.4) is 0 Å². The second-order valence-corrected chi connectivity index (χ2v) is 4.27. The van der Waals surface area contributed by atoms with Gasteiger partial charge in [0, 0.05) is 31.7 Å². The molecule has 0 radical (unpaired) electrons. The van der Waals surface area contributed by atoms with Crippen molar-refractivity contribution in [2.75, 3.05) is 19.3 Å². The molecule has 2 heterocycles. The Morgan fingerprint density at radius 1 is 1.67 bits per heavy atom. The highest BCUT2D eigenvalue weighted by Crippen LogP contribution is 2.16. The molecular formula is C10H11N3OS. The average molecular weight is 221 g/mol. The molecule has 0 unspecified atom stereocenters. The first-order chi connectivity index (χ1) is 7.27. The third-order valence-electron chi connectivity index (χ3n) is 2.09. The van der Waals surface area contributed by atoms with E-state index in [0.29, 0.717) is 5.56 Å². The summed E-state index contributed by atoms with van der Waals surface area (Å²) in [7, 11) is 1.94. The highest BCUT2D eigenvalue weighted by Gasteiger charge is 2.16. The Balaban J connectivity index is 2.16. The van der Waals surface area contributed by atoms with Gasteiger partial charge in [0.1, 0.15) is 0 Å². The van der Waals surface area contributed by atoms with E-state index in [1.165, 1.54) is 6.20 Å². The summed E-state index contributed by atoms with van der Waals surface area (Å²) in [6, 6.07) is 3.46. The Bertz CT molecular complexity index is 391. The molecule has 1 aromatic rings. The number of amides is 1. The maximum absolute atomic E-state index is 11.7. The summed E-state index contributed by atoms with van der Waals surface area (Å²) in [4.78, 5) is 21.6. The summed E-state index contributed by atoms with van der Waals surface area (Å²) in [5.41, 5.74) is 0.533. The number of nitrogens with zero attached hydrogens (tertiary/aromatic N) is 3. The number of hydrogen-bond acceptors (Lipinski definition) is 3. The second-order valence-electron chi connectivity index (χ2n) is 3.21. The molecule has 0 aliphatic carbocycles. The van der Waals surface area contributed by atoms with E-state index in [-0.39, 0.29) is 5.91 Å². The Kier molecular flexibility index (Phi) is 3.01. The van der Waals surface area contributed by atoms with Crippen molar-refractivity contribution in [1.29, 1.82) is 0 Å². The fraction of sp³-hybridized carbons (Fsp3) is 0.300. The minimum absolute atomic E-state index is 0.223. The SMILES string of the molecule is CN1CCS/C1=N\C(=O)c1cccnc1. The summed E-state index contributed by atoms with van der Waals surface area (Å²) in [5.74, 6) is 0.773. The third-order valence-corrected chi connectivity index (χ3v) is 3.14. The second kappa shape index (κ2) is 4.44. The smallest absolute Gasteiger partial charge is 0.280 e. The Hall–Kier alpha value is -1.36. The van der Waals surface area contributed by atoms with Gasteiger partial charge in [0.15, 0.2) is 5.17 Å². The van der Waals surface area contributed by atoms with E-state index >= 15 is 0 Å². The number of aromatic nitrogens is 1. The summed E-state index contributed by atoms with van der Waals surface area (Å²) < 4.78 is 0. The molecule has 0 atom stereocenters. The number of thioether (sulfide) groups is 1. The van der Waals surface area contributed by atoms with E-state index in [1.807, 2.05) is 11.9 Å². The molecule has 1 saturated heterocycles. The van der Waals surface area contributed by atoms with Gasteiger partial charge in [0.2, 0.25) is 0 Å². The van der Waals surface area contributed by atoms with Crippen molar-refractivity contribution in [3.63, 3.8) is 0 Å². The van der Waals surface area contributed by atoms with E-state index in [2.05, 4.69) is 9.98 Å². The van der Waals surface area contributed by atoms with Gasteiger partial charge < -0.3 is 4.90 Å². The molecule has 0 bridgehead atoms. The van der Waals surface area contributed by atoms with Gasteiger partial charge in [-0.15, -0.1) is 0 Å². The fourth-order valence-electron chi connectivity index (χ4n) is 1.24. The zero-order valence-electron chi connectivity index (χ0n) is 8.38. The van der Waals surface area contributed by atoms with Crippen LogP contribution >= 0.6 is 11.8 Å². The minimum atomic E-state index is -0.223. The summed E-state index contributed by atoms with van der Waals surface area (Å²) >= 11 is 1.61. The molecule has 2 rings (SSSR count). The lowest BCUT2D eigenvalue weighted by Crippen LogP contribution is -2.19. The molecule has 0 spiro atoms. The van der Waals surface area contributed by atoms with Gasteiger partial charge in [-0.3, -0.25) is 9.78 Å². The zero-order valence-corrected chi connectivity index (χ0v) is 9.20. The van der Waals surface area contributed by atoms with Crippen LogP contribution in [0.5, 0.6) is 0 Å². The maximum atomic E-state index is 11.7. The van der Waals surface area contributed by atoms with Crippen LogP contribution in [0.25, 0.3) is 0 Å². The Labute approximate surface area is 92.4 Å². The lowest BCUT2D eigenvalue weighted by Gasteiger charge is -2.08. The van der Waals surface area contributed by atoms with Crippen LogP contribution in [0.1, 0.15) is 10.4 Å². The molecule has 1 amide bonds. The molecule has 1 aliphatic rings. The summed E-state index contributed by atoms with van der Waals surface area (Å²) in [6.45, 7) is 0.948. The molecule has 5 heteroatoms. The standard InChI is InChI=1S/C10H11N3OS/c1-13-5-6-15-10(13)12-9(14)8-3-2-4-11-7-8/h2-4,7H,5-6H2,1H3/b12-10-. The van der Waals surface area contributed by atoms with Gasteiger partial charge in [-0.25, -0.2) is 0 Å². The predicted molar refractivity (Wildman–Crippen MR) is 61.1 cm³/mol. The molecule has 78 valence electrons. The average Bonchev–Trinajstić information content (AvgIpc) is 2.66. The van der Waals surface area contributed by atoms with E-state index < -0.39 is 0 Å². The Morgan fingerprint density at radius 2 is 2.53 bits per heavy atom. The highest BCUT2D eigenvalue weighted by atomic mass is 32.2. The van der Waals surface area contributed by atoms with Crippen molar-refractivity contribution in [1.82, 2.24) is 9.88 Å². The molecule has 1 aromatic heterocycles. The van der Waals surface area contributed by atoms with E-state index in [9.17, 15) is 4.79 Å². The minimum Gasteiger partial charge on any atom is -0.353 e. The lowest BCUT2D eigenvalue weighted by molar-refractivity contribution is 0.100. The number of rotatable bonds is 1. The largest absolute Gasteiger partial charge is 0.353 e. The van der Waals surface area contributed by atoms with Gasteiger partial charge in [-0.2, -0.15) is 4.99 Å². The number of carbonyl (C=O) groups is 1. The van der Waals surface area contributed by atoms with Crippen LogP contribution in [-0.2, 0) is 0 Å². The first-order valence-electron chi connectivity index (χ1n) is 4.64. The van der Waals surface area contributed by atoms with Crippen LogP contribution in [0.15, 0.2) is 29.5 Å². The summed E-state index contributed by atoms with van der Waals surface area (Å²) in [6.07, 6.45) is 3.17. The molecule has 1 aliphatic heterocycles. The van der Waals surface area contributed by atoms with E-state index in [0.717, 1.165) is 17.5 Å². The van der Waals surface area contributed by atoms with Gasteiger partial charge in [-0.1, -0.05) is 11.8 Å². The predicted octanol–water partition coefficient (Wildman–Crippen LogP) is 1.26. The molecular weight excluding hydrogens is 210 g/mol. The maximum Gasteiger partial charge on any atom is 0.280 e. The monoisotopic (exact) mass is 221 g/mol. The van der Waals surface area contributed by atoms with Crippen LogP contribution in [0, 0.1) is 0 Å². The quantitative estimate of drug-likeness (QED) is 0.716. The van der Waals surface area contributed by atoms with Crippen molar-refractivity contribution in [2.24, 2.45) is 4.99 Å².